The largest absolute Gasteiger partial charge is 0.349 e. The van der Waals surface area contributed by atoms with Crippen molar-refractivity contribution in [3.63, 3.8) is 0 Å². The van der Waals surface area contributed by atoms with Crippen molar-refractivity contribution in [2.45, 2.75) is 74.4 Å². The molecule has 1 saturated carbocycles. The van der Waals surface area contributed by atoms with Crippen LogP contribution < -0.4 is 27.1 Å². The number of rotatable bonds is 5. The highest BCUT2D eigenvalue weighted by molar-refractivity contribution is 8.00. The zero-order valence-electron chi connectivity index (χ0n) is 15.5. The summed E-state index contributed by atoms with van der Waals surface area (Å²) in [6.45, 7) is 4.92. The Labute approximate surface area is 159 Å². The lowest BCUT2D eigenvalue weighted by Gasteiger charge is -2.26. The average molecular weight is 385 g/mol. The molecule has 1 amide bonds. The molecule has 3 heterocycles. The van der Waals surface area contributed by atoms with Gasteiger partial charge in [-0.3, -0.25) is 15.1 Å². The Kier molecular flexibility index (Phi) is 6.35. The molecule has 3 saturated heterocycles. The third-order valence-electron chi connectivity index (χ3n) is 5.82. The van der Waals surface area contributed by atoms with Gasteiger partial charge in [0.2, 0.25) is 5.91 Å². The van der Waals surface area contributed by atoms with Crippen molar-refractivity contribution in [1.29, 1.82) is 0 Å². The molecule has 5 atom stereocenters. The molecule has 148 valence electrons. The molecule has 3 aliphatic heterocycles. The predicted octanol–water partition coefficient (Wildman–Crippen LogP) is 0.0469. The molecule has 4 fully saturated rings. The molecule has 4 rings (SSSR count). The third-order valence-corrected chi connectivity index (χ3v) is 7.06. The van der Waals surface area contributed by atoms with Gasteiger partial charge in [0, 0.05) is 26.1 Å². The Morgan fingerprint density at radius 3 is 2.88 bits per heavy atom. The Balaban J connectivity index is 1.18. The molecule has 0 aromatic rings. The number of amides is 1. The lowest BCUT2D eigenvalue weighted by molar-refractivity contribution is -0.124. The van der Waals surface area contributed by atoms with Gasteiger partial charge in [0.05, 0.1) is 16.8 Å². The minimum Gasteiger partial charge on any atom is -0.349 e. The van der Waals surface area contributed by atoms with Crippen LogP contribution in [-0.2, 0) is 9.63 Å². The van der Waals surface area contributed by atoms with Gasteiger partial charge in [0.25, 0.3) is 0 Å². The summed E-state index contributed by atoms with van der Waals surface area (Å²) in [7, 11) is 0. The van der Waals surface area contributed by atoms with Crippen LogP contribution >= 0.6 is 11.8 Å². The molecule has 0 radical (unpaired) electrons. The van der Waals surface area contributed by atoms with Gasteiger partial charge in [-0.05, 0) is 25.7 Å². The van der Waals surface area contributed by atoms with Crippen LogP contribution in [0.1, 0.15) is 45.4 Å². The van der Waals surface area contributed by atoms with E-state index in [4.69, 9.17) is 4.84 Å². The van der Waals surface area contributed by atoms with Crippen LogP contribution in [0.4, 0.5) is 0 Å². The summed E-state index contributed by atoms with van der Waals surface area (Å²) < 4.78 is 0. The van der Waals surface area contributed by atoms with E-state index in [9.17, 15) is 4.79 Å². The number of nitrogens with one attached hydrogen (secondary N) is 5. The highest BCUT2D eigenvalue weighted by Crippen LogP contribution is 2.27. The van der Waals surface area contributed by atoms with Crippen molar-refractivity contribution in [3.05, 3.63) is 0 Å². The maximum Gasteiger partial charge on any atom is 0.239 e. The molecule has 5 N–H and O–H groups in total. The summed E-state index contributed by atoms with van der Waals surface area (Å²) in [6, 6.07) is -0.0988. The normalized spacial score (nSPS) is 39.5. The van der Waals surface area contributed by atoms with E-state index in [0.29, 0.717) is 11.8 Å². The number of hydrazine groups is 2. The number of hydrogen-bond donors (Lipinski definition) is 5. The summed E-state index contributed by atoms with van der Waals surface area (Å²) in [4.78, 5) is 18.2. The van der Waals surface area contributed by atoms with Gasteiger partial charge in [-0.15, -0.1) is 11.8 Å². The summed E-state index contributed by atoms with van der Waals surface area (Å²) in [5.74, 6) is 0.853. The quantitative estimate of drug-likeness (QED) is 0.454. The SMILES string of the molecule is CC1NNC(C2CC(C(=O)NC3CNN(CC4CCCCC4)C3)NO2)S1. The summed E-state index contributed by atoms with van der Waals surface area (Å²) >= 11 is 1.79. The molecule has 8 nitrogen and oxygen atoms in total. The fraction of sp³-hybridized carbons (Fsp3) is 0.941. The molecule has 0 bridgehead atoms. The van der Waals surface area contributed by atoms with Crippen molar-refractivity contribution >= 4 is 17.7 Å². The first kappa shape index (κ1) is 18.9. The van der Waals surface area contributed by atoms with E-state index in [1.54, 1.807) is 11.8 Å². The fourth-order valence-electron chi connectivity index (χ4n) is 4.37. The Bertz CT molecular complexity index is 492. The standard InChI is InChI=1S/C17H32N6O2S/c1-11-20-21-17(26-11)15-7-14(22-25-15)16(24)19-13-8-18-23(10-13)9-12-5-3-2-4-6-12/h11-15,17-18,20-22H,2-10H2,1H3,(H,19,24). The summed E-state index contributed by atoms with van der Waals surface area (Å²) in [6.07, 6.45) is 7.52. The van der Waals surface area contributed by atoms with E-state index in [1.165, 1.54) is 32.1 Å². The minimum atomic E-state index is -0.272. The second-order valence-corrected chi connectivity index (χ2v) is 9.51. The molecule has 5 unspecified atom stereocenters. The van der Waals surface area contributed by atoms with Crippen molar-refractivity contribution in [2.75, 3.05) is 19.6 Å². The number of nitrogens with zero attached hydrogens (tertiary/aromatic N) is 1. The van der Waals surface area contributed by atoms with Gasteiger partial charge < -0.3 is 5.32 Å². The van der Waals surface area contributed by atoms with E-state index in [2.05, 4.69) is 39.0 Å². The van der Waals surface area contributed by atoms with E-state index >= 15 is 0 Å². The van der Waals surface area contributed by atoms with Crippen LogP contribution in [0.25, 0.3) is 0 Å². The van der Waals surface area contributed by atoms with Crippen LogP contribution in [0.15, 0.2) is 0 Å². The van der Waals surface area contributed by atoms with Crippen LogP contribution in [0, 0.1) is 5.92 Å². The molecular formula is C17H32N6O2S. The van der Waals surface area contributed by atoms with E-state index in [1.807, 2.05) is 0 Å². The number of hydrogen-bond acceptors (Lipinski definition) is 8. The molecule has 4 aliphatic rings. The number of thioether (sulfide) groups is 1. The highest BCUT2D eigenvalue weighted by atomic mass is 32.2. The highest BCUT2D eigenvalue weighted by Gasteiger charge is 2.39. The second kappa shape index (κ2) is 8.72. The maximum atomic E-state index is 12.6. The van der Waals surface area contributed by atoms with Crippen molar-refractivity contribution in [2.24, 2.45) is 5.92 Å². The van der Waals surface area contributed by atoms with Crippen LogP contribution in [-0.4, -0.2) is 59.5 Å². The van der Waals surface area contributed by atoms with Crippen molar-refractivity contribution in [3.8, 4) is 0 Å². The van der Waals surface area contributed by atoms with Crippen molar-refractivity contribution < 1.29 is 9.63 Å². The van der Waals surface area contributed by atoms with E-state index in [-0.39, 0.29) is 29.5 Å². The number of hydroxylamine groups is 1. The lowest BCUT2D eigenvalue weighted by Crippen LogP contribution is -2.47. The average Bonchev–Trinajstić information content (AvgIpc) is 3.37. The Hall–Kier alpha value is -0.420. The van der Waals surface area contributed by atoms with Crippen LogP contribution in [0.3, 0.4) is 0 Å². The topological polar surface area (TPSA) is 89.7 Å². The second-order valence-electron chi connectivity index (χ2n) is 8.03. The minimum absolute atomic E-state index is 0.00213. The smallest absolute Gasteiger partial charge is 0.239 e. The molecule has 0 aromatic heterocycles. The van der Waals surface area contributed by atoms with Crippen LogP contribution in [0.2, 0.25) is 0 Å². The van der Waals surface area contributed by atoms with Gasteiger partial charge in [0.1, 0.15) is 12.1 Å². The van der Waals surface area contributed by atoms with E-state index in [0.717, 1.165) is 25.6 Å². The van der Waals surface area contributed by atoms with Gasteiger partial charge in [-0.1, -0.05) is 19.3 Å². The first-order valence-electron chi connectivity index (χ1n) is 10.0. The first-order chi connectivity index (χ1) is 12.7. The predicted molar refractivity (Wildman–Crippen MR) is 102 cm³/mol. The Morgan fingerprint density at radius 2 is 2.12 bits per heavy atom. The summed E-state index contributed by atoms with van der Waals surface area (Å²) in [5.41, 5.74) is 12.8. The molecular weight excluding hydrogens is 352 g/mol. The van der Waals surface area contributed by atoms with Gasteiger partial charge in [-0.2, -0.15) is 5.48 Å². The van der Waals surface area contributed by atoms with Crippen LogP contribution in [0.5, 0.6) is 0 Å². The van der Waals surface area contributed by atoms with Gasteiger partial charge in [-0.25, -0.2) is 15.9 Å². The fourth-order valence-corrected chi connectivity index (χ4v) is 5.42. The monoisotopic (exact) mass is 384 g/mol. The van der Waals surface area contributed by atoms with Gasteiger partial charge in [0.15, 0.2) is 0 Å². The maximum absolute atomic E-state index is 12.6. The number of carbonyl (C=O) groups excluding carboxylic acids is 1. The molecule has 1 aliphatic carbocycles. The summed E-state index contributed by atoms with van der Waals surface area (Å²) in [5, 5.41) is 6.01. The zero-order valence-corrected chi connectivity index (χ0v) is 16.3. The van der Waals surface area contributed by atoms with E-state index < -0.39 is 0 Å². The Morgan fingerprint density at radius 1 is 1.27 bits per heavy atom. The zero-order chi connectivity index (χ0) is 17.9. The lowest BCUT2D eigenvalue weighted by atomic mass is 9.89. The molecule has 26 heavy (non-hydrogen) atoms. The molecule has 9 heteroatoms. The number of carbonyl (C=O) groups is 1. The molecule has 0 aromatic carbocycles. The molecule has 0 spiro atoms. The third kappa shape index (κ3) is 4.70. The van der Waals surface area contributed by atoms with Crippen molar-refractivity contribution in [1.82, 2.24) is 32.1 Å². The first-order valence-corrected chi connectivity index (χ1v) is 11.0. The van der Waals surface area contributed by atoms with Gasteiger partial charge >= 0.3 is 0 Å².